The molecule has 0 radical (unpaired) electrons. The minimum atomic E-state index is -0.552. The van der Waals surface area contributed by atoms with E-state index in [4.69, 9.17) is 11.0 Å². The molecule has 0 saturated heterocycles. The van der Waals surface area contributed by atoms with Crippen molar-refractivity contribution in [3.8, 4) is 6.07 Å². The summed E-state index contributed by atoms with van der Waals surface area (Å²) in [6.45, 7) is 0. The molecule has 0 aliphatic rings. The quantitative estimate of drug-likeness (QED) is 0.783. The molecule has 3 rings (SSSR count). The number of hydrogen-bond donors (Lipinski definition) is 1. The summed E-state index contributed by atoms with van der Waals surface area (Å²) in [6, 6.07) is 24.4. The molecule has 108 valence electrons. The number of nitrogens with zero attached hydrogens (tertiary/aromatic N) is 1. The molecule has 0 fully saturated rings. The van der Waals surface area contributed by atoms with Crippen LogP contribution < -0.4 is 5.73 Å². The first-order valence-electron chi connectivity index (χ1n) is 7.49. The van der Waals surface area contributed by atoms with Crippen LogP contribution in [0.3, 0.4) is 0 Å². The first-order chi connectivity index (χ1) is 10.8. The molecule has 0 amide bonds. The van der Waals surface area contributed by atoms with Crippen molar-refractivity contribution < 1.29 is 0 Å². The van der Waals surface area contributed by atoms with Gasteiger partial charge in [-0.1, -0.05) is 66.7 Å². The summed E-state index contributed by atoms with van der Waals surface area (Å²) < 4.78 is 0. The third-order valence-electron chi connectivity index (χ3n) is 4.07. The van der Waals surface area contributed by atoms with Gasteiger partial charge in [-0.05, 0) is 40.3 Å². The highest BCUT2D eigenvalue weighted by atomic mass is 14.6. The van der Waals surface area contributed by atoms with Crippen LogP contribution in [0.25, 0.3) is 10.8 Å². The molecular formula is C20H18N2. The van der Waals surface area contributed by atoms with Gasteiger partial charge in [-0.15, -0.1) is 0 Å². The molecule has 22 heavy (non-hydrogen) atoms. The van der Waals surface area contributed by atoms with Crippen molar-refractivity contribution in [1.82, 2.24) is 0 Å². The Hall–Kier alpha value is -2.63. The van der Waals surface area contributed by atoms with Crippen molar-refractivity contribution in [1.29, 1.82) is 5.26 Å². The Morgan fingerprint density at radius 3 is 2.32 bits per heavy atom. The first kappa shape index (κ1) is 14.3. The number of hydrogen-bond acceptors (Lipinski definition) is 2. The van der Waals surface area contributed by atoms with E-state index in [1.165, 1.54) is 16.3 Å². The third kappa shape index (κ3) is 2.86. The third-order valence-corrected chi connectivity index (χ3v) is 4.07. The van der Waals surface area contributed by atoms with Crippen LogP contribution in [-0.2, 0) is 12.8 Å². The van der Waals surface area contributed by atoms with E-state index in [0.29, 0.717) is 0 Å². The van der Waals surface area contributed by atoms with Crippen LogP contribution in [0.4, 0.5) is 0 Å². The lowest BCUT2D eigenvalue weighted by atomic mass is 9.94. The van der Waals surface area contributed by atoms with Gasteiger partial charge in [0.2, 0.25) is 0 Å². The zero-order valence-corrected chi connectivity index (χ0v) is 12.4. The van der Waals surface area contributed by atoms with E-state index in [1.807, 2.05) is 18.2 Å². The van der Waals surface area contributed by atoms with E-state index in [-0.39, 0.29) is 0 Å². The Balaban J connectivity index is 1.88. The van der Waals surface area contributed by atoms with Crippen molar-refractivity contribution in [3.05, 3.63) is 83.4 Å². The van der Waals surface area contributed by atoms with Crippen LogP contribution in [0.5, 0.6) is 0 Å². The van der Waals surface area contributed by atoms with Gasteiger partial charge < -0.3 is 5.73 Å². The highest BCUT2D eigenvalue weighted by Gasteiger charge is 2.10. The van der Waals surface area contributed by atoms with E-state index in [0.717, 1.165) is 24.0 Å². The summed E-state index contributed by atoms with van der Waals surface area (Å²) in [5, 5.41) is 11.6. The number of nitrogens with two attached hydrogens (primary N) is 1. The van der Waals surface area contributed by atoms with E-state index in [2.05, 4.69) is 54.6 Å². The minimum Gasteiger partial charge on any atom is -0.312 e. The normalized spacial score (nSPS) is 12.0. The molecule has 2 nitrogen and oxygen atoms in total. The molecule has 0 spiro atoms. The van der Waals surface area contributed by atoms with Crippen LogP contribution in [0.15, 0.2) is 66.7 Å². The van der Waals surface area contributed by atoms with E-state index in [1.54, 1.807) is 0 Å². The predicted molar refractivity (Wildman–Crippen MR) is 90.3 cm³/mol. The topological polar surface area (TPSA) is 49.8 Å². The van der Waals surface area contributed by atoms with Crippen molar-refractivity contribution in [2.24, 2.45) is 5.73 Å². The maximum Gasteiger partial charge on any atom is 0.119 e. The molecule has 0 aliphatic carbocycles. The summed E-state index contributed by atoms with van der Waals surface area (Å²) in [7, 11) is 0. The lowest BCUT2D eigenvalue weighted by Crippen LogP contribution is -2.10. The number of rotatable bonds is 4. The van der Waals surface area contributed by atoms with Crippen LogP contribution in [0.1, 0.15) is 22.7 Å². The summed E-state index contributed by atoms with van der Waals surface area (Å²) in [5.41, 5.74) is 9.32. The average molecular weight is 286 g/mol. The lowest BCUT2D eigenvalue weighted by Gasteiger charge is -2.12. The molecule has 0 aliphatic heterocycles. The zero-order valence-electron chi connectivity index (χ0n) is 12.4. The number of nitriles is 1. The fourth-order valence-electron chi connectivity index (χ4n) is 2.91. The van der Waals surface area contributed by atoms with Crippen molar-refractivity contribution in [3.63, 3.8) is 0 Å². The highest BCUT2D eigenvalue weighted by molar-refractivity contribution is 5.85. The Labute approximate surface area is 130 Å². The second kappa shape index (κ2) is 6.43. The second-order valence-corrected chi connectivity index (χ2v) is 5.44. The standard InChI is InChI=1S/C20H18N2/c21-14-20(22)19-11-4-2-7-17(19)13-12-16-9-5-8-15-6-1-3-10-18(15)16/h1-11,20H,12-13,22H2. The maximum absolute atomic E-state index is 9.06. The molecule has 3 aromatic rings. The van der Waals surface area contributed by atoms with E-state index >= 15 is 0 Å². The summed E-state index contributed by atoms with van der Waals surface area (Å²) >= 11 is 0. The fourth-order valence-corrected chi connectivity index (χ4v) is 2.91. The summed E-state index contributed by atoms with van der Waals surface area (Å²) in [5.74, 6) is 0. The average Bonchev–Trinajstić information content (AvgIpc) is 2.59. The predicted octanol–water partition coefficient (Wildman–Crippen LogP) is 4.15. The van der Waals surface area contributed by atoms with Gasteiger partial charge in [-0.3, -0.25) is 0 Å². The van der Waals surface area contributed by atoms with Gasteiger partial charge >= 0.3 is 0 Å². The largest absolute Gasteiger partial charge is 0.312 e. The maximum atomic E-state index is 9.06. The first-order valence-corrected chi connectivity index (χ1v) is 7.49. The number of fused-ring (bicyclic) bond motifs is 1. The SMILES string of the molecule is N#CC(N)c1ccccc1CCc1cccc2ccccc12. The smallest absolute Gasteiger partial charge is 0.119 e. The van der Waals surface area contributed by atoms with Gasteiger partial charge in [0, 0.05) is 0 Å². The van der Waals surface area contributed by atoms with Gasteiger partial charge in [0.25, 0.3) is 0 Å². The zero-order chi connectivity index (χ0) is 15.4. The number of benzene rings is 3. The van der Waals surface area contributed by atoms with Gasteiger partial charge in [-0.25, -0.2) is 0 Å². The molecule has 3 aromatic carbocycles. The lowest BCUT2D eigenvalue weighted by molar-refractivity contribution is 0.871. The van der Waals surface area contributed by atoms with Crippen LogP contribution in [0, 0.1) is 11.3 Å². The van der Waals surface area contributed by atoms with Crippen LogP contribution in [0.2, 0.25) is 0 Å². The molecular weight excluding hydrogens is 268 g/mol. The van der Waals surface area contributed by atoms with E-state index < -0.39 is 6.04 Å². The van der Waals surface area contributed by atoms with Crippen LogP contribution >= 0.6 is 0 Å². The molecule has 1 atom stereocenters. The van der Waals surface area contributed by atoms with E-state index in [9.17, 15) is 0 Å². The molecule has 0 bridgehead atoms. The van der Waals surface area contributed by atoms with Gasteiger partial charge in [0.05, 0.1) is 6.07 Å². The Bertz CT molecular complexity index is 825. The van der Waals surface area contributed by atoms with Gasteiger partial charge in [0.1, 0.15) is 6.04 Å². The van der Waals surface area contributed by atoms with Crippen molar-refractivity contribution in [2.45, 2.75) is 18.9 Å². The van der Waals surface area contributed by atoms with Crippen LogP contribution in [-0.4, -0.2) is 0 Å². The van der Waals surface area contributed by atoms with Gasteiger partial charge in [0.15, 0.2) is 0 Å². The monoisotopic (exact) mass is 286 g/mol. The summed E-state index contributed by atoms with van der Waals surface area (Å²) in [4.78, 5) is 0. The molecule has 0 saturated carbocycles. The molecule has 1 unspecified atom stereocenters. The number of aryl methyl sites for hydroxylation is 2. The fraction of sp³-hybridized carbons (Fsp3) is 0.150. The van der Waals surface area contributed by atoms with Gasteiger partial charge in [-0.2, -0.15) is 5.26 Å². The van der Waals surface area contributed by atoms with Crippen molar-refractivity contribution in [2.75, 3.05) is 0 Å². The Morgan fingerprint density at radius 1 is 0.818 bits per heavy atom. The van der Waals surface area contributed by atoms with Crippen molar-refractivity contribution >= 4 is 10.8 Å². The molecule has 2 heteroatoms. The molecule has 0 aromatic heterocycles. The Morgan fingerprint density at radius 2 is 1.45 bits per heavy atom. The highest BCUT2D eigenvalue weighted by Crippen LogP contribution is 2.22. The molecule has 2 N–H and O–H groups in total. The summed E-state index contributed by atoms with van der Waals surface area (Å²) in [6.07, 6.45) is 1.83. The second-order valence-electron chi connectivity index (χ2n) is 5.44. The Kier molecular flexibility index (Phi) is 4.18. The minimum absolute atomic E-state index is 0.552. The molecule has 0 heterocycles.